The van der Waals surface area contributed by atoms with Crippen molar-refractivity contribution in [2.45, 2.75) is 5.41 Å². The van der Waals surface area contributed by atoms with E-state index in [1.54, 1.807) is 0 Å². The van der Waals surface area contributed by atoms with Gasteiger partial charge in [0.15, 0.2) is 0 Å². The van der Waals surface area contributed by atoms with Crippen LogP contribution < -0.4 is 9.64 Å². The maximum atomic E-state index is 7.22. The van der Waals surface area contributed by atoms with Gasteiger partial charge in [0.1, 0.15) is 22.7 Å². The van der Waals surface area contributed by atoms with Gasteiger partial charge in [0.25, 0.3) is 0 Å². The summed E-state index contributed by atoms with van der Waals surface area (Å²) in [6.45, 7) is 0. The molecule has 72 heavy (non-hydrogen) atoms. The zero-order chi connectivity index (χ0) is 47.3. The van der Waals surface area contributed by atoms with Crippen LogP contribution in [-0.2, 0) is 5.41 Å². The molecule has 0 saturated carbocycles. The van der Waals surface area contributed by atoms with Crippen molar-refractivity contribution < 1.29 is 9.15 Å². The van der Waals surface area contributed by atoms with Crippen molar-refractivity contribution >= 4 is 60.5 Å². The molecule has 1 spiro atoms. The third kappa shape index (κ3) is 5.92. The van der Waals surface area contributed by atoms with E-state index in [4.69, 9.17) is 9.15 Å². The van der Waals surface area contributed by atoms with E-state index in [1.807, 2.05) is 12.1 Å². The molecule has 0 saturated heterocycles. The van der Waals surface area contributed by atoms with E-state index in [0.717, 1.165) is 99.9 Å². The first-order valence-corrected chi connectivity index (χ1v) is 24.7. The molecule has 2 aliphatic rings. The molecule has 336 valence electrons. The number of ether oxygens (including phenoxy) is 1. The summed E-state index contributed by atoms with van der Waals surface area (Å²) in [5.74, 6) is 1.84. The summed E-state index contributed by atoms with van der Waals surface area (Å²) < 4.78 is 13.7. The summed E-state index contributed by atoms with van der Waals surface area (Å²) in [4.78, 5) is 2.36. The van der Waals surface area contributed by atoms with Crippen LogP contribution >= 0.6 is 0 Å². The van der Waals surface area contributed by atoms with Crippen molar-refractivity contribution in [3.05, 3.63) is 283 Å². The maximum absolute atomic E-state index is 7.22. The highest BCUT2D eigenvalue weighted by Gasteiger charge is 2.52. The second-order valence-electron chi connectivity index (χ2n) is 19.1. The highest BCUT2D eigenvalue weighted by molar-refractivity contribution is 6.10. The van der Waals surface area contributed by atoms with Crippen molar-refractivity contribution in [3.8, 4) is 56.0 Å². The lowest BCUT2D eigenvalue weighted by atomic mass is 9.65. The molecule has 0 radical (unpaired) electrons. The first-order valence-electron chi connectivity index (χ1n) is 24.7. The first kappa shape index (κ1) is 40.4. The summed E-state index contributed by atoms with van der Waals surface area (Å²) >= 11 is 0. The van der Waals surface area contributed by atoms with Crippen molar-refractivity contribution in [2.24, 2.45) is 0 Å². The molecule has 0 bridgehead atoms. The Morgan fingerprint density at radius 1 is 0.292 bits per heavy atom. The van der Waals surface area contributed by atoms with Gasteiger partial charge in [0, 0.05) is 55.3 Å². The van der Waals surface area contributed by atoms with Crippen LogP contribution in [0, 0.1) is 0 Å². The van der Waals surface area contributed by atoms with Gasteiger partial charge < -0.3 is 14.1 Å². The largest absolute Gasteiger partial charge is 0.455 e. The van der Waals surface area contributed by atoms with Gasteiger partial charge in [-0.25, -0.2) is 0 Å². The van der Waals surface area contributed by atoms with Crippen LogP contribution in [0.4, 0.5) is 17.1 Å². The van der Waals surface area contributed by atoms with Crippen LogP contribution in [0.15, 0.2) is 265 Å². The van der Waals surface area contributed by atoms with E-state index in [-0.39, 0.29) is 0 Å². The van der Waals surface area contributed by atoms with E-state index in [0.29, 0.717) is 0 Å². The summed E-state index contributed by atoms with van der Waals surface area (Å²) in [5.41, 5.74) is 18.6. The van der Waals surface area contributed by atoms with E-state index >= 15 is 0 Å². The number of hydrogen-bond donors (Lipinski definition) is 0. The minimum absolute atomic E-state index is 0.621. The average Bonchev–Trinajstić information content (AvgIpc) is 3.98. The first-order chi connectivity index (χ1) is 35.7. The van der Waals surface area contributed by atoms with Gasteiger partial charge in [0.05, 0.1) is 5.41 Å². The summed E-state index contributed by atoms with van der Waals surface area (Å²) in [5, 5.41) is 6.80. The molecule has 0 N–H and O–H groups in total. The molecule has 1 aliphatic heterocycles. The van der Waals surface area contributed by atoms with Crippen LogP contribution in [0.3, 0.4) is 0 Å². The van der Waals surface area contributed by atoms with Gasteiger partial charge in [-0.2, -0.15) is 0 Å². The van der Waals surface area contributed by atoms with Crippen LogP contribution in [0.2, 0.25) is 0 Å². The minimum Gasteiger partial charge on any atom is -0.455 e. The van der Waals surface area contributed by atoms with Gasteiger partial charge in [0.2, 0.25) is 0 Å². The van der Waals surface area contributed by atoms with Crippen LogP contribution in [0.1, 0.15) is 22.3 Å². The monoisotopic (exact) mass is 917 g/mol. The number of benzene rings is 12. The Kier molecular flexibility index (Phi) is 8.87. The Hall–Kier alpha value is -9.44. The number of nitrogens with zero attached hydrogens (tertiary/aromatic N) is 1. The predicted molar refractivity (Wildman–Crippen MR) is 297 cm³/mol. The third-order valence-electron chi connectivity index (χ3n) is 15.4. The zero-order valence-electron chi connectivity index (χ0n) is 39.1. The lowest BCUT2D eigenvalue weighted by molar-refractivity contribution is 0.447. The van der Waals surface area contributed by atoms with E-state index in [1.165, 1.54) is 38.9 Å². The molecular formula is C69H43NO2. The lowest BCUT2D eigenvalue weighted by Crippen LogP contribution is -2.32. The molecule has 13 aromatic rings. The number of fused-ring (bicyclic) bond motifs is 16. The fourth-order valence-electron chi connectivity index (χ4n) is 12.1. The fourth-order valence-corrected chi connectivity index (χ4v) is 12.1. The predicted octanol–water partition coefficient (Wildman–Crippen LogP) is 18.8. The minimum atomic E-state index is -0.621. The topological polar surface area (TPSA) is 25.6 Å². The highest BCUT2D eigenvalue weighted by atomic mass is 16.5. The second-order valence-corrected chi connectivity index (χ2v) is 19.1. The van der Waals surface area contributed by atoms with Gasteiger partial charge in [-0.05, 0) is 103 Å². The average molecular weight is 918 g/mol. The Labute approximate surface area is 417 Å². The Balaban J connectivity index is 0.878. The molecule has 0 amide bonds. The SMILES string of the molecule is c1ccc(-c2ccc(N(c3ccc(-c4cccc5c4-c4ccccc4C54c5ccc6ccccc6c5Oc5c4ccc4ccccc54)cc3)c3ccc(-c4cccc5c4oc4ccccc45)cc3)cc2)cc1. The van der Waals surface area contributed by atoms with Crippen LogP contribution in [0.25, 0.3) is 88.0 Å². The Morgan fingerprint density at radius 2 is 0.764 bits per heavy atom. The Bertz CT molecular complexity index is 4200. The van der Waals surface area contributed by atoms with Gasteiger partial charge >= 0.3 is 0 Å². The van der Waals surface area contributed by atoms with Crippen molar-refractivity contribution in [3.63, 3.8) is 0 Å². The number of para-hydroxylation sites is 2. The molecule has 15 rings (SSSR count). The Morgan fingerprint density at radius 3 is 1.43 bits per heavy atom. The molecule has 0 unspecified atom stereocenters. The van der Waals surface area contributed by atoms with Gasteiger partial charge in [-0.1, -0.05) is 218 Å². The number of furan rings is 1. The smallest absolute Gasteiger partial charge is 0.143 e. The number of hydrogen-bond acceptors (Lipinski definition) is 3. The molecule has 1 aromatic heterocycles. The van der Waals surface area contributed by atoms with E-state index in [9.17, 15) is 0 Å². The molecular weight excluding hydrogens is 875 g/mol. The molecule has 0 atom stereocenters. The molecule has 2 heterocycles. The molecule has 3 heteroatoms. The normalized spacial score (nSPS) is 12.9. The van der Waals surface area contributed by atoms with Gasteiger partial charge in [-0.3, -0.25) is 0 Å². The number of anilines is 3. The summed E-state index contributed by atoms with van der Waals surface area (Å²) in [7, 11) is 0. The van der Waals surface area contributed by atoms with E-state index in [2.05, 4.69) is 254 Å². The molecule has 3 nitrogen and oxygen atoms in total. The molecule has 12 aromatic carbocycles. The van der Waals surface area contributed by atoms with E-state index < -0.39 is 5.41 Å². The van der Waals surface area contributed by atoms with Crippen LogP contribution in [-0.4, -0.2) is 0 Å². The van der Waals surface area contributed by atoms with Crippen molar-refractivity contribution in [1.29, 1.82) is 0 Å². The molecule has 0 fully saturated rings. The lowest BCUT2D eigenvalue weighted by Gasteiger charge is -2.40. The van der Waals surface area contributed by atoms with Crippen molar-refractivity contribution in [2.75, 3.05) is 4.90 Å². The van der Waals surface area contributed by atoms with Gasteiger partial charge in [-0.15, -0.1) is 0 Å². The third-order valence-corrected chi connectivity index (χ3v) is 15.4. The second kappa shape index (κ2) is 15.8. The number of rotatable bonds is 6. The quantitative estimate of drug-likeness (QED) is 0.166. The fraction of sp³-hybridized carbons (Fsp3) is 0.0145. The van der Waals surface area contributed by atoms with Crippen LogP contribution in [0.5, 0.6) is 11.5 Å². The zero-order valence-corrected chi connectivity index (χ0v) is 39.1. The summed E-state index contributed by atoms with van der Waals surface area (Å²) in [6, 6.07) is 94.6. The van der Waals surface area contributed by atoms with Crippen molar-refractivity contribution in [1.82, 2.24) is 0 Å². The maximum Gasteiger partial charge on any atom is 0.143 e. The molecule has 1 aliphatic carbocycles. The highest BCUT2D eigenvalue weighted by Crippen LogP contribution is 2.65. The summed E-state index contributed by atoms with van der Waals surface area (Å²) in [6.07, 6.45) is 0. The standard InChI is InChI=1S/C69H43NO2/c1-2-14-44(15-3-1)45-28-36-50(37-29-45)70(52-40-32-49(33-41-52)54-23-12-24-58-57-20-9-11-27-64(57)71-66(54)58)51-38-30-48(31-39-51)53-22-13-26-61-65(53)59-21-8-10-25-60(59)69(61)62-42-34-46-16-4-6-18-55(46)67(62)72-68-56-19-7-5-17-47(56)35-43-63(68)69/h1-43H.